The van der Waals surface area contributed by atoms with Crippen molar-refractivity contribution in [3.8, 4) is 5.75 Å². The van der Waals surface area contributed by atoms with E-state index in [0.29, 0.717) is 6.61 Å². The van der Waals surface area contributed by atoms with Crippen molar-refractivity contribution in [2.45, 2.75) is 13.0 Å². The van der Waals surface area contributed by atoms with Crippen LogP contribution in [-0.2, 0) is 17.8 Å². The molecule has 2 aromatic carbocycles. The minimum atomic E-state index is 0.211. The van der Waals surface area contributed by atoms with Crippen molar-refractivity contribution in [1.29, 1.82) is 0 Å². The number of nitrogens with two attached hydrogens (primary N) is 1. The van der Waals surface area contributed by atoms with Crippen LogP contribution in [0.5, 0.6) is 5.75 Å². The van der Waals surface area contributed by atoms with Gasteiger partial charge in [-0.25, -0.2) is 0 Å². The summed E-state index contributed by atoms with van der Waals surface area (Å²) in [5.74, 6) is 0.784. The van der Waals surface area contributed by atoms with E-state index in [1.807, 2.05) is 54.6 Å². The molecule has 2 rings (SSSR count). The molecule has 0 aliphatic rings. The van der Waals surface area contributed by atoms with Gasteiger partial charge in [-0.05, 0) is 30.2 Å². The summed E-state index contributed by atoms with van der Waals surface area (Å²) in [5.41, 5.74) is 8.63. The van der Waals surface area contributed by atoms with Crippen LogP contribution in [0, 0.1) is 0 Å². The number of anilines is 1. The first-order valence-corrected chi connectivity index (χ1v) is 6.53. The number of rotatable bonds is 7. The zero-order chi connectivity index (χ0) is 14.2. The largest absolute Gasteiger partial charge is 0.467 e. The second-order valence-corrected chi connectivity index (χ2v) is 4.46. The number of allylic oxidation sites excluding steroid dienone is 1. The molecule has 0 radical (unpaired) electrons. The molecule has 0 heterocycles. The average molecular weight is 269 g/mol. The lowest BCUT2D eigenvalue weighted by molar-refractivity contribution is 0.00461. The van der Waals surface area contributed by atoms with E-state index >= 15 is 0 Å². The van der Waals surface area contributed by atoms with Gasteiger partial charge in [0.05, 0.1) is 6.61 Å². The zero-order valence-corrected chi connectivity index (χ0v) is 11.4. The van der Waals surface area contributed by atoms with Crippen LogP contribution >= 0.6 is 0 Å². The van der Waals surface area contributed by atoms with Crippen LogP contribution in [0.15, 0.2) is 61.2 Å². The van der Waals surface area contributed by atoms with Gasteiger partial charge in [0, 0.05) is 11.3 Å². The molecule has 0 unspecified atom stereocenters. The van der Waals surface area contributed by atoms with Crippen molar-refractivity contribution in [2.75, 3.05) is 12.5 Å². The molecule has 0 aliphatic heterocycles. The van der Waals surface area contributed by atoms with Crippen LogP contribution in [0.2, 0.25) is 0 Å². The molecule has 3 heteroatoms. The molecule has 20 heavy (non-hydrogen) atoms. The molecule has 0 saturated heterocycles. The highest BCUT2D eigenvalue weighted by molar-refractivity contribution is 5.48. The highest BCUT2D eigenvalue weighted by atomic mass is 16.7. The Morgan fingerprint density at radius 3 is 2.65 bits per heavy atom. The first-order valence-electron chi connectivity index (χ1n) is 6.53. The number of hydrogen-bond donors (Lipinski definition) is 1. The van der Waals surface area contributed by atoms with Crippen LogP contribution < -0.4 is 10.5 Å². The quantitative estimate of drug-likeness (QED) is 0.362. The molecule has 0 spiro atoms. The monoisotopic (exact) mass is 269 g/mol. The van der Waals surface area contributed by atoms with Gasteiger partial charge in [-0.1, -0.05) is 36.4 Å². The highest BCUT2D eigenvalue weighted by Crippen LogP contribution is 2.22. The molecular weight excluding hydrogens is 250 g/mol. The third kappa shape index (κ3) is 4.14. The number of hydrogen-bond acceptors (Lipinski definition) is 3. The van der Waals surface area contributed by atoms with Gasteiger partial charge in [-0.2, -0.15) is 0 Å². The summed E-state index contributed by atoms with van der Waals surface area (Å²) in [7, 11) is 0. The Hall–Kier alpha value is -2.26. The maximum Gasteiger partial charge on any atom is 0.189 e. The lowest BCUT2D eigenvalue weighted by Crippen LogP contribution is -2.05. The van der Waals surface area contributed by atoms with Gasteiger partial charge < -0.3 is 15.2 Å². The van der Waals surface area contributed by atoms with Crippen LogP contribution in [0.1, 0.15) is 11.1 Å². The summed E-state index contributed by atoms with van der Waals surface area (Å²) < 4.78 is 11.1. The Balaban J connectivity index is 1.86. The number of nitrogen functional groups attached to an aromatic ring is 1. The van der Waals surface area contributed by atoms with E-state index in [1.165, 1.54) is 0 Å². The topological polar surface area (TPSA) is 44.5 Å². The SMILES string of the molecule is C=CCc1cc(N)ccc1OCOCc1ccccc1. The predicted octanol–water partition coefficient (Wildman–Crippen LogP) is 3.55. The summed E-state index contributed by atoms with van der Waals surface area (Å²) in [5, 5.41) is 0. The summed E-state index contributed by atoms with van der Waals surface area (Å²) >= 11 is 0. The van der Waals surface area contributed by atoms with E-state index in [0.717, 1.165) is 29.0 Å². The Morgan fingerprint density at radius 1 is 1.10 bits per heavy atom. The Bertz CT molecular complexity index is 552. The van der Waals surface area contributed by atoms with E-state index in [4.69, 9.17) is 15.2 Å². The van der Waals surface area contributed by atoms with Gasteiger partial charge in [0.2, 0.25) is 0 Å². The second kappa shape index (κ2) is 7.36. The first-order chi connectivity index (χ1) is 9.79. The maximum atomic E-state index is 5.77. The summed E-state index contributed by atoms with van der Waals surface area (Å²) in [6.07, 6.45) is 2.55. The fraction of sp³-hybridized carbons (Fsp3) is 0.176. The van der Waals surface area contributed by atoms with Gasteiger partial charge >= 0.3 is 0 Å². The van der Waals surface area contributed by atoms with Crippen molar-refractivity contribution in [3.05, 3.63) is 72.3 Å². The van der Waals surface area contributed by atoms with Crippen LogP contribution in [0.25, 0.3) is 0 Å². The van der Waals surface area contributed by atoms with Crippen molar-refractivity contribution in [1.82, 2.24) is 0 Å². The molecule has 0 bridgehead atoms. The van der Waals surface area contributed by atoms with Gasteiger partial charge in [-0.15, -0.1) is 6.58 Å². The lowest BCUT2D eigenvalue weighted by Gasteiger charge is -2.11. The Morgan fingerprint density at radius 2 is 1.90 bits per heavy atom. The van der Waals surface area contributed by atoms with Gasteiger partial charge in [-0.3, -0.25) is 0 Å². The van der Waals surface area contributed by atoms with Crippen molar-refractivity contribution >= 4 is 5.69 Å². The normalized spacial score (nSPS) is 10.2. The van der Waals surface area contributed by atoms with E-state index in [9.17, 15) is 0 Å². The third-order valence-electron chi connectivity index (χ3n) is 2.86. The molecule has 3 nitrogen and oxygen atoms in total. The summed E-state index contributed by atoms with van der Waals surface area (Å²) in [6, 6.07) is 15.6. The molecule has 2 N–H and O–H groups in total. The molecule has 0 atom stereocenters. The maximum absolute atomic E-state index is 5.77. The molecule has 0 aliphatic carbocycles. The van der Waals surface area contributed by atoms with Gasteiger partial charge in [0.15, 0.2) is 6.79 Å². The Kier molecular flexibility index (Phi) is 5.21. The van der Waals surface area contributed by atoms with E-state index < -0.39 is 0 Å². The molecule has 104 valence electrons. The van der Waals surface area contributed by atoms with E-state index in [-0.39, 0.29) is 6.79 Å². The fourth-order valence-corrected chi connectivity index (χ4v) is 1.89. The number of benzene rings is 2. The Labute approximate surface area is 119 Å². The van der Waals surface area contributed by atoms with Crippen molar-refractivity contribution < 1.29 is 9.47 Å². The lowest BCUT2D eigenvalue weighted by atomic mass is 10.1. The van der Waals surface area contributed by atoms with Gasteiger partial charge in [0.25, 0.3) is 0 Å². The molecule has 0 fully saturated rings. The standard InChI is InChI=1S/C17H19NO2/c1-2-6-15-11-16(18)9-10-17(15)20-13-19-12-14-7-4-3-5-8-14/h2-5,7-11H,1,6,12-13,18H2. The van der Waals surface area contributed by atoms with E-state index in [1.54, 1.807) is 0 Å². The molecular formula is C17H19NO2. The van der Waals surface area contributed by atoms with Gasteiger partial charge in [0.1, 0.15) is 5.75 Å². The number of ether oxygens (including phenoxy) is 2. The highest BCUT2D eigenvalue weighted by Gasteiger charge is 2.03. The average Bonchev–Trinajstić information content (AvgIpc) is 2.47. The molecule has 0 saturated carbocycles. The second-order valence-electron chi connectivity index (χ2n) is 4.46. The molecule has 0 amide bonds. The predicted molar refractivity (Wildman–Crippen MR) is 81.5 cm³/mol. The summed E-state index contributed by atoms with van der Waals surface area (Å²) in [6.45, 7) is 4.48. The minimum Gasteiger partial charge on any atom is -0.467 e. The van der Waals surface area contributed by atoms with Crippen molar-refractivity contribution in [2.24, 2.45) is 0 Å². The first kappa shape index (κ1) is 14.2. The molecule has 2 aromatic rings. The fourth-order valence-electron chi connectivity index (χ4n) is 1.89. The summed E-state index contributed by atoms with van der Waals surface area (Å²) in [4.78, 5) is 0. The van der Waals surface area contributed by atoms with E-state index in [2.05, 4.69) is 6.58 Å². The molecule has 0 aromatic heterocycles. The van der Waals surface area contributed by atoms with Crippen LogP contribution in [0.4, 0.5) is 5.69 Å². The smallest absolute Gasteiger partial charge is 0.189 e. The minimum absolute atomic E-state index is 0.211. The van der Waals surface area contributed by atoms with Crippen LogP contribution in [0.3, 0.4) is 0 Å². The third-order valence-corrected chi connectivity index (χ3v) is 2.86. The van der Waals surface area contributed by atoms with Crippen molar-refractivity contribution in [3.63, 3.8) is 0 Å². The van der Waals surface area contributed by atoms with Crippen LogP contribution in [-0.4, -0.2) is 6.79 Å². The zero-order valence-electron chi connectivity index (χ0n) is 11.4.